The highest BCUT2D eigenvalue weighted by Gasteiger charge is 2.20. The highest BCUT2D eigenvalue weighted by Crippen LogP contribution is 2.40. The number of hydrogen-bond acceptors (Lipinski definition) is 4. The van der Waals surface area contributed by atoms with Gasteiger partial charge in [-0.2, -0.15) is 0 Å². The summed E-state index contributed by atoms with van der Waals surface area (Å²) in [5.41, 5.74) is 3.96. The van der Waals surface area contributed by atoms with Gasteiger partial charge in [0.2, 0.25) is 0 Å². The number of fused-ring (bicyclic) bond motifs is 2. The lowest BCUT2D eigenvalue weighted by molar-refractivity contribution is 0.0707. The smallest absolute Gasteiger partial charge is 0.275 e. The van der Waals surface area contributed by atoms with Crippen molar-refractivity contribution in [3.05, 3.63) is 77.6 Å². The van der Waals surface area contributed by atoms with E-state index in [1.807, 2.05) is 6.07 Å². The number of para-hydroxylation sites is 1. The molecular formula is C20H13FN2O3. The van der Waals surface area contributed by atoms with Gasteiger partial charge in [-0.3, -0.25) is 10.0 Å². The molecule has 1 aliphatic rings. The van der Waals surface area contributed by atoms with E-state index in [0.29, 0.717) is 33.8 Å². The van der Waals surface area contributed by atoms with E-state index in [-0.39, 0.29) is 5.69 Å². The van der Waals surface area contributed by atoms with Gasteiger partial charge in [0.1, 0.15) is 11.4 Å². The standard InChI is InChI=1S/C20H13FN2O3/c21-16-8-4-10-18-19(16)22-11-15-13(7-3-9-17(15)26-18)12-5-1-2-6-14(12)20(24)23-25/h1-11,25H,(H,23,24). The number of nitrogens with zero attached hydrogens (tertiary/aromatic N) is 1. The minimum absolute atomic E-state index is 0.121. The van der Waals surface area contributed by atoms with Crippen LogP contribution in [-0.4, -0.2) is 17.3 Å². The van der Waals surface area contributed by atoms with Gasteiger partial charge >= 0.3 is 0 Å². The maximum absolute atomic E-state index is 14.0. The number of nitrogens with one attached hydrogen (secondary N) is 1. The maximum Gasteiger partial charge on any atom is 0.275 e. The van der Waals surface area contributed by atoms with Gasteiger partial charge in [-0.05, 0) is 35.4 Å². The Morgan fingerprint density at radius 3 is 2.54 bits per heavy atom. The topological polar surface area (TPSA) is 70.9 Å². The molecule has 0 fully saturated rings. The molecule has 1 aliphatic heterocycles. The third-order valence-corrected chi connectivity index (χ3v) is 4.12. The summed E-state index contributed by atoms with van der Waals surface area (Å²) in [5, 5.41) is 9.00. The molecule has 0 saturated carbocycles. The van der Waals surface area contributed by atoms with Gasteiger partial charge in [-0.15, -0.1) is 0 Å². The lowest BCUT2D eigenvalue weighted by atomic mass is 9.95. The molecule has 6 heteroatoms. The SMILES string of the molecule is O=C(NO)c1ccccc1-c1cccc2c1C=Nc1c(F)cccc1O2. The fourth-order valence-corrected chi connectivity index (χ4v) is 2.93. The third kappa shape index (κ3) is 2.62. The molecule has 1 amide bonds. The van der Waals surface area contributed by atoms with Gasteiger partial charge < -0.3 is 4.74 Å². The molecule has 0 aliphatic carbocycles. The Hall–Kier alpha value is -3.51. The second-order valence-corrected chi connectivity index (χ2v) is 5.65. The predicted octanol–water partition coefficient (Wildman–Crippen LogP) is 4.47. The Balaban J connectivity index is 1.91. The summed E-state index contributed by atoms with van der Waals surface area (Å²) in [6, 6.07) is 16.7. The van der Waals surface area contributed by atoms with Crippen molar-refractivity contribution in [2.75, 3.05) is 0 Å². The van der Waals surface area contributed by atoms with E-state index in [1.165, 1.54) is 12.3 Å². The molecule has 2 N–H and O–H groups in total. The van der Waals surface area contributed by atoms with Gasteiger partial charge in [0.05, 0.1) is 0 Å². The Morgan fingerprint density at radius 2 is 1.69 bits per heavy atom. The molecule has 5 nitrogen and oxygen atoms in total. The van der Waals surface area contributed by atoms with E-state index in [4.69, 9.17) is 9.94 Å². The summed E-state index contributed by atoms with van der Waals surface area (Å²) < 4.78 is 19.9. The molecule has 1 heterocycles. The minimum Gasteiger partial charge on any atom is -0.454 e. The summed E-state index contributed by atoms with van der Waals surface area (Å²) >= 11 is 0. The van der Waals surface area contributed by atoms with E-state index < -0.39 is 11.7 Å². The summed E-state index contributed by atoms with van der Waals surface area (Å²) in [6.07, 6.45) is 1.52. The largest absolute Gasteiger partial charge is 0.454 e. The Labute approximate surface area is 148 Å². The Kier molecular flexibility index (Phi) is 3.95. The van der Waals surface area contributed by atoms with Crippen LogP contribution in [0.5, 0.6) is 11.5 Å². The molecule has 0 saturated heterocycles. The van der Waals surface area contributed by atoms with Gasteiger partial charge in [0, 0.05) is 17.3 Å². The van der Waals surface area contributed by atoms with Gasteiger partial charge in [-0.1, -0.05) is 36.4 Å². The third-order valence-electron chi connectivity index (χ3n) is 4.12. The number of rotatable bonds is 2. The number of aliphatic imine (C=N–C) groups is 1. The molecule has 128 valence electrons. The molecule has 3 aromatic carbocycles. The van der Waals surface area contributed by atoms with Crippen molar-refractivity contribution in [3.63, 3.8) is 0 Å². The van der Waals surface area contributed by atoms with Crippen LogP contribution in [0.1, 0.15) is 15.9 Å². The number of hydrogen-bond donors (Lipinski definition) is 2. The fraction of sp³-hybridized carbons (Fsp3) is 0. The van der Waals surface area contributed by atoms with Crippen molar-refractivity contribution < 1.29 is 19.1 Å². The van der Waals surface area contributed by atoms with Crippen molar-refractivity contribution in [1.82, 2.24) is 5.48 Å². The first kappa shape index (κ1) is 16.0. The zero-order chi connectivity index (χ0) is 18.1. The molecule has 0 spiro atoms. The molecule has 0 atom stereocenters. The van der Waals surface area contributed by atoms with Gasteiger partial charge in [0.25, 0.3) is 5.91 Å². The van der Waals surface area contributed by atoms with Crippen LogP contribution in [0, 0.1) is 5.82 Å². The molecule has 0 aromatic heterocycles. The van der Waals surface area contributed by atoms with Crippen molar-refractivity contribution >= 4 is 17.8 Å². The van der Waals surface area contributed by atoms with E-state index in [0.717, 1.165) is 0 Å². The number of halogens is 1. The van der Waals surface area contributed by atoms with Gasteiger partial charge in [-0.25, -0.2) is 14.9 Å². The zero-order valence-corrected chi connectivity index (χ0v) is 13.4. The highest BCUT2D eigenvalue weighted by atomic mass is 19.1. The van der Waals surface area contributed by atoms with Crippen LogP contribution < -0.4 is 10.2 Å². The van der Waals surface area contributed by atoms with Crippen LogP contribution in [0.15, 0.2) is 65.7 Å². The molecule has 4 rings (SSSR count). The second kappa shape index (κ2) is 6.42. The first-order valence-corrected chi connectivity index (χ1v) is 7.86. The minimum atomic E-state index is -0.626. The van der Waals surface area contributed by atoms with E-state index in [1.54, 1.807) is 54.0 Å². The molecule has 26 heavy (non-hydrogen) atoms. The van der Waals surface area contributed by atoms with Crippen LogP contribution in [0.4, 0.5) is 10.1 Å². The van der Waals surface area contributed by atoms with E-state index >= 15 is 0 Å². The van der Waals surface area contributed by atoms with E-state index in [2.05, 4.69) is 4.99 Å². The van der Waals surface area contributed by atoms with Crippen LogP contribution in [-0.2, 0) is 0 Å². The van der Waals surface area contributed by atoms with Crippen molar-refractivity contribution in [2.24, 2.45) is 4.99 Å². The molecule has 0 unspecified atom stereocenters. The van der Waals surface area contributed by atoms with E-state index in [9.17, 15) is 9.18 Å². The van der Waals surface area contributed by atoms with Crippen LogP contribution in [0.25, 0.3) is 11.1 Å². The van der Waals surface area contributed by atoms with Crippen molar-refractivity contribution in [3.8, 4) is 22.6 Å². The fourth-order valence-electron chi connectivity index (χ4n) is 2.93. The number of carbonyl (C=O) groups excluding carboxylic acids is 1. The normalized spacial score (nSPS) is 11.8. The first-order valence-electron chi connectivity index (χ1n) is 7.86. The average Bonchev–Trinajstić information content (AvgIpc) is 2.87. The number of hydroxylamine groups is 1. The molecule has 0 bridgehead atoms. The van der Waals surface area contributed by atoms with Gasteiger partial charge in [0.15, 0.2) is 11.6 Å². The predicted molar refractivity (Wildman–Crippen MR) is 94.9 cm³/mol. The Bertz CT molecular complexity index is 1050. The Morgan fingerprint density at radius 1 is 0.962 bits per heavy atom. The summed E-state index contributed by atoms with van der Waals surface area (Å²) in [5.74, 6) is -0.291. The summed E-state index contributed by atoms with van der Waals surface area (Å²) in [6.45, 7) is 0. The van der Waals surface area contributed by atoms with Crippen LogP contribution in [0.2, 0.25) is 0 Å². The lowest BCUT2D eigenvalue weighted by Gasteiger charge is -2.13. The quantitative estimate of drug-likeness (QED) is 0.415. The second-order valence-electron chi connectivity index (χ2n) is 5.65. The van der Waals surface area contributed by atoms with Crippen molar-refractivity contribution in [2.45, 2.75) is 0 Å². The average molecular weight is 348 g/mol. The summed E-state index contributed by atoms with van der Waals surface area (Å²) in [7, 11) is 0. The van der Waals surface area contributed by atoms with Crippen molar-refractivity contribution in [1.29, 1.82) is 0 Å². The monoisotopic (exact) mass is 348 g/mol. The summed E-state index contributed by atoms with van der Waals surface area (Å²) in [4.78, 5) is 16.2. The molecule has 3 aromatic rings. The number of benzene rings is 3. The number of ether oxygens (including phenoxy) is 1. The highest BCUT2D eigenvalue weighted by molar-refractivity contribution is 6.04. The number of amides is 1. The van der Waals surface area contributed by atoms with Crippen LogP contribution in [0.3, 0.4) is 0 Å². The number of carbonyl (C=O) groups is 1. The molecular weight excluding hydrogens is 335 g/mol. The lowest BCUT2D eigenvalue weighted by Crippen LogP contribution is -2.19. The molecule has 0 radical (unpaired) electrons. The van der Waals surface area contributed by atoms with Crippen LogP contribution >= 0.6 is 0 Å². The maximum atomic E-state index is 14.0. The first-order chi connectivity index (χ1) is 12.7. The zero-order valence-electron chi connectivity index (χ0n) is 13.4.